The summed E-state index contributed by atoms with van der Waals surface area (Å²) in [6.07, 6.45) is -2.72. The van der Waals surface area contributed by atoms with Crippen molar-refractivity contribution in [3.8, 4) is 0 Å². The van der Waals surface area contributed by atoms with E-state index < -0.39 is 23.0 Å². The third-order valence-electron chi connectivity index (χ3n) is 2.57. The molecule has 4 nitrogen and oxygen atoms in total. The zero-order valence-electron chi connectivity index (χ0n) is 10.2. The monoisotopic (exact) mass is 278 g/mol. The quantitative estimate of drug-likeness (QED) is 0.853. The Bertz CT molecular complexity index is 530. The minimum absolute atomic E-state index is 0.00537. The Kier molecular flexibility index (Phi) is 4.78. The molecule has 0 heterocycles. The number of hydrogen-bond donors (Lipinski definition) is 2. The highest BCUT2D eigenvalue weighted by Gasteiger charge is 2.19. The number of hydrogen-bond acceptors (Lipinski definition) is 3. The molecule has 18 heavy (non-hydrogen) atoms. The molecule has 0 unspecified atom stereocenters. The Hall–Kier alpha value is -1.05. The first-order valence-electron chi connectivity index (χ1n) is 5.36. The van der Waals surface area contributed by atoms with E-state index in [0.29, 0.717) is 11.1 Å². The Balaban J connectivity index is 3.16. The number of rotatable bonds is 5. The van der Waals surface area contributed by atoms with E-state index in [1.807, 2.05) is 11.6 Å². The molecule has 102 valence electrons. The van der Waals surface area contributed by atoms with Gasteiger partial charge in [0.1, 0.15) is 0 Å². The van der Waals surface area contributed by atoms with Crippen molar-refractivity contribution in [3.05, 3.63) is 28.8 Å². The zero-order chi connectivity index (χ0) is 13.9. The maximum Gasteiger partial charge on any atom is 0.251 e. The van der Waals surface area contributed by atoms with E-state index in [0.717, 1.165) is 5.56 Å². The lowest BCUT2D eigenvalue weighted by Crippen LogP contribution is -2.29. The van der Waals surface area contributed by atoms with Crippen LogP contribution in [-0.2, 0) is 16.6 Å². The van der Waals surface area contributed by atoms with Gasteiger partial charge in [0.05, 0.1) is 11.4 Å². The van der Waals surface area contributed by atoms with Gasteiger partial charge in [-0.1, -0.05) is 6.07 Å². The lowest BCUT2D eigenvalue weighted by Gasteiger charge is -2.12. The summed E-state index contributed by atoms with van der Waals surface area (Å²) in [6.45, 7) is 2.74. The van der Waals surface area contributed by atoms with Gasteiger partial charge in [-0.05, 0) is 36.6 Å². The van der Waals surface area contributed by atoms with Crippen molar-refractivity contribution in [2.24, 2.45) is 5.73 Å². The summed E-state index contributed by atoms with van der Waals surface area (Å²) in [6, 6.07) is 3.11. The van der Waals surface area contributed by atoms with Gasteiger partial charge in [-0.15, -0.1) is 0 Å². The molecule has 0 aliphatic rings. The molecular weight excluding hydrogens is 262 g/mol. The molecular formula is C11H16F2N2O2S. The van der Waals surface area contributed by atoms with Gasteiger partial charge >= 0.3 is 0 Å². The second-order valence-electron chi connectivity index (χ2n) is 3.99. The molecule has 1 aromatic carbocycles. The molecule has 0 saturated carbocycles. The van der Waals surface area contributed by atoms with Crippen LogP contribution in [0.5, 0.6) is 0 Å². The highest BCUT2D eigenvalue weighted by molar-refractivity contribution is 7.89. The molecule has 3 N–H and O–H groups in total. The first-order chi connectivity index (χ1) is 8.27. The molecule has 0 fully saturated rings. The summed E-state index contributed by atoms with van der Waals surface area (Å²) in [4.78, 5) is -0.00537. The summed E-state index contributed by atoms with van der Waals surface area (Å²) < 4.78 is 49.7. The molecule has 0 saturated heterocycles. The number of nitrogens with two attached hydrogens (primary N) is 1. The number of halogens is 2. The molecule has 0 aromatic heterocycles. The zero-order valence-corrected chi connectivity index (χ0v) is 11.0. The van der Waals surface area contributed by atoms with Crippen LogP contribution in [0.2, 0.25) is 0 Å². The van der Waals surface area contributed by atoms with Crippen LogP contribution >= 0.6 is 0 Å². The molecule has 0 amide bonds. The van der Waals surface area contributed by atoms with E-state index in [-0.39, 0.29) is 11.4 Å². The number of sulfonamides is 1. The van der Waals surface area contributed by atoms with Gasteiger partial charge in [-0.25, -0.2) is 21.9 Å². The average Bonchev–Trinajstić information content (AvgIpc) is 2.26. The molecule has 1 rings (SSSR count). The first kappa shape index (κ1) is 15.0. The predicted molar refractivity (Wildman–Crippen MR) is 65.0 cm³/mol. The standard InChI is InChI=1S/C11H16F2N2O2S/c1-7-3-8(2)10(4-9(7)5-14)18(16,17)15-6-11(12)13/h3-4,11,15H,5-6,14H2,1-2H3. The van der Waals surface area contributed by atoms with Crippen molar-refractivity contribution in [3.63, 3.8) is 0 Å². The topological polar surface area (TPSA) is 72.2 Å². The lowest BCUT2D eigenvalue weighted by molar-refractivity contribution is 0.153. The van der Waals surface area contributed by atoms with Crippen molar-refractivity contribution in [1.29, 1.82) is 0 Å². The van der Waals surface area contributed by atoms with E-state index in [1.54, 1.807) is 13.0 Å². The summed E-state index contributed by atoms with van der Waals surface area (Å²) >= 11 is 0. The fourth-order valence-electron chi connectivity index (χ4n) is 1.63. The number of nitrogens with one attached hydrogen (secondary N) is 1. The Morgan fingerprint density at radius 2 is 1.89 bits per heavy atom. The molecule has 0 radical (unpaired) electrons. The highest BCUT2D eigenvalue weighted by Crippen LogP contribution is 2.20. The molecule has 1 aromatic rings. The third kappa shape index (κ3) is 3.47. The van der Waals surface area contributed by atoms with Gasteiger partial charge in [0.15, 0.2) is 0 Å². The third-order valence-corrected chi connectivity index (χ3v) is 4.14. The van der Waals surface area contributed by atoms with E-state index in [9.17, 15) is 17.2 Å². The predicted octanol–water partition coefficient (Wildman–Crippen LogP) is 1.31. The van der Waals surface area contributed by atoms with Crippen LogP contribution in [0.1, 0.15) is 16.7 Å². The summed E-state index contributed by atoms with van der Waals surface area (Å²) in [5.74, 6) is 0. The van der Waals surface area contributed by atoms with Crippen LogP contribution in [0.25, 0.3) is 0 Å². The molecule has 7 heteroatoms. The summed E-state index contributed by atoms with van der Waals surface area (Å²) in [5, 5.41) is 0. The van der Waals surface area contributed by atoms with Crippen molar-refractivity contribution >= 4 is 10.0 Å². The van der Waals surface area contributed by atoms with Gasteiger partial charge in [-0.2, -0.15) is 0 Å². The van der Waals surface area contributed by atoms with Crippen molar-refractivity contribution in [1.82, 2.24) is 4.72 Å². The van der Waals surface area contributed by atoms with Gasteiger partial charge in [0.2, 0.25) is 10.0 Å². The maximum absolute atomic E-state index is 12.0. The van der Waals surface area contributed by atoms with Gasteiger partial charge in [0, 0.05) is 6.54 Å². The van der Waals surface area contributed by atoms with Crippen LogP contribution in [0.15, 0.2) is 17.0 Å². The van der Waals surface area contributed by atoms with Crippen LogP contribution in [0.3, 0.4) is 0 Å². The van der Waals surface area contributed by atoms with E-state index >= 15 is 0 Å². The molecule has 0 aliphatic heterocycles. The number of alkyl halides is 2. The van der Waals surface area contributed by atoms with Gasteiger partial charge in [0.25, 0.3) is 6.43 Å². The Labute approximate surface area is 105 Å². The van der Waals surface area contributed by atoms with Crippen LogP contribution in [0, 0.1) is 13.8 Å². The van der Waals surface area contributed by atoms with Crippen LogP contribution < -0.4 is 10.5 Å². The van der Waals surface area contributed by atoms with Gasteiger partial charge in [-0.3, -0.25) is 0 Å². The second-order valence-corrected chi connectivity index (χ2v) is 5.73. The second kappa shape index (κ2) is 5.73. The highest BCUT2D eigenvalue weighted by atomic mass is 32.2. The lowest BCUT2D eigenvalue weighted by atomic mass is 10.1. The van der Waals surface area contributed by atoms with Crippen molar-refractivity contribution in [2.75, 3.05) is 6.54 Å². The normalized spacial score (nSPS) is 12.1. The van der Waals surface area contributed by atoms with Crippen LogP contribution in [0.4, 0.5) is 8.78 Å². The molecule has 0 bridgehead atoms. The van der Waals surface area contributed by atoms with Crippen molar-refractivity contribution < 1.29 is 17.2 Å². The summed E-state index contributed by atoms with van der Waals surface area (Å²) in [7, 11) is -3.92. The van der Waals surface area contributed by atoms with E-state index in [4.69, 9.17) is 5.73 Å². The smallest absolute Gasteiger partial charge is 0.251 e. The Morgan fingerprint density at radius 1 is 1.28 bits per heavy atom. The fourth-order valence-corrected chi connectivity index (χ4v) is 2.92. The average molecular weight is 278 g/mol. The fraction of sp³-hybridized carbons (Fsp3) is 0.455. The Morgan fingerprint density at radius 3 is 2.39 bits per heavy atom. The number of aryl methyl sites for hydroxylation is 2. The molecule has 0 aliphatic carbocycles. The first-order valence-corrected chi connectivity index (χ1v) is 6.84. The van der Waals surface area contributed by atoms with E-state index in [2.05, 4.69) is 0 Å². The molecule has 0 atom stereocenters. The largest absolute Gasteiger partial charge is 0.326 e. The van der Waals surface area contributed by atoms with Crippen LogP contribution in [-0.4, -0.2) is 21.4 Å². The number of benzene rings is 1. The summed E-state index contributed by atoms with van der Waals surface area (Å²) in [5.41, 5.74) is 7.56. The van der Waals surface area contributed by atoms with Crippen molar-refractivity contribution in [2.45, 2.75) is 31.7 Å². The maximum atomic E-state index is 12.0. The molecule has 0 spiro atoms. The van der Waals surface area contributed by atoms with Gasteiger partial charge < -0.3 is 5.73 Å². The SMILES string of the molecule is Cc1cc(C)c(S(=O)(=O)NCC(F)F)cc1CN. The minimum atomic E-state index is -3.92. The van der Waals surface area contributed by atoms with E-state index in [1.165, 1.54) is 6.07 Å². The minimum Gasteiger partial charge on any atom is -0.326 e.